The lowest BCUT2D eigenvalue weighted by atomic mass is 9.59. The number of fused-ring (bicyclic) bond motifs is 2. The summed E-state index contributed by atoms with van der Waals surface area (Å²) in [5.74, 6) is 2.01. The SMILES string of the molecule is CC(=O)O[C@H]1[C@@H]2[C@@H]3[C@@H](C[C@H]1C)[C@@H](C)CO[C@@]1(C)CCC=C(C)C[C@@H]2O[C@@H]31. The van der Waals surface area contributed by atoms with E-state index >= 15 is 0 Å². The van der Waals surface area contributed by atoms with Crippen LogP contribution in [0.2, 0.25) is 0 Å². The van der Waals surface area contributed by atoms with Gasteiger partial charge in [-0.05, 0) is 63.2 Å². The number of carbonyl (C=O) groups excluding carboxylic acids is 1. The zero-order valence-corrected chi connectivity index (χ0v) is 16.9. The van der Waals surface area contributed by atoms with Gasteiger partial charge in [0.25, 0.3) is 0 Å². The van der Waals surface area contributed by atoms with Gasteiger partial charge in [-0.2, -0.15) is 0 Å². The molecule has 0 unspecified atom stereocenters. The normalized spacial score (nSPS) is 50.7. The van der Waals surface area contributed by atoms with Crippen molar-refractivity contribution in [3.05, 3.63) is 11.6 Å². The van der Waals surface area contributed by atoms with Crippen LogP contribution >= 0.6 is 0 Å². The largest absolute Gasteiger partial charge is 0.462 e. The van der Waals surface area contributed by atoms with Crippen LogP contribution in [0, 0.1) is 29.6 Å². The molecule has 1 saturated carbocycles. The zero-order valence-electron chi connectivity index (χ0n) is 16.9. The van der Waals surface area contributed by atoms with Crippen molar-refractivity contribution >= 4 is 5.97 Å². The van der Waals surface area contributed by atoms with E-state index in [2.05, 4.69) is 33.8 Å². The van der Waals surface area contributed by atoms with Gasteiger partial charge in [0.2, 0.25) is 0 Å². The van der Waals surface area contributed by atoms with Crippen molar-refractivity contribution in [2.75, 3.05) is 6.61 Å². The van der Waals surface area contributed by atoms with Gasteiger partial charge >= 0.3 is 5.97 Å². The Morgan fingerprint density at radius 2 is 2.04 bits per heavy atom. The molecule has 0 aromatic carbocycles. The Bertz CT molecular complexity index is 599. The number of carbonyl (C=O) groups is 1. The van der Waals surface area contributed by atoms with Crippen molar-refractivity contribution < 1.29 is 19.0 Å². The van der Waals surface area contributed by atoms with Crippen molar-refractivity contribution in [1.29, 1.82) is 0 Å². The highest BCUT2D eigenvalue weighted by atomic mass is 16.6. The summed E-state index contributed by atoms with van der Waals surface area (Å²) in [6.45, 7) is 11.4. The van der Waals surface area contributed by atoms with Gasteiger partial charge in [-0.15, -0.1) is 0 Å². The lowest BCUT2D eigenvalue weighted by Gasteiger charge is -2.46. The molecule has 3 aliphatic heterocycles. The average molecular weight is 363 g/mol. The molecule has 4 nitrogen and oxygen atoms in total. The summed E-state index contributed by atoms with van der Waals surface area (Å²) in [5, 5.41) is 0. The highest BCUT2D eigenvalue weighted by Crippen LogP contribution is 2.57. The molecule has 4 rings (SSSR count). The summed E-state index contributed by atoms with van der Waals surface area (Å²) in [6.07, 6.45) is 6.64. The fraction of sp³-hybridized carbons (Fsp3) is 0.864. The molecule has 146 valence electrons. The predicted octanol–water partition coefficient (Wildman–Crippen LogP) is 4.13. The number of ether oxygens (including phenoxy) is 3. The third-order valence-electron chi connectivity index (χ3n) is 7.59. The first kappa shape index (κ1) is 18.5. The smallest absolute Gasteiger partial charge is 0.302 e. The maximum absolute atomic E-state index is 11.8. The monoisotopic (exact) mass is 362 g/mol. The minimum absolute atomic E-state index is 0.0365. The summed E-state index contributed by atoms with van der Waals surface area (Å²) in [7, 11) is 0. The number of rotatable bonds is 1. The molecule has 1 aliphatic carbocycles. The van der Waals surface area contributed by atoms with E-state index in [4.69, 9.17) is 14.2 Å². The highest BCUT2D eigenvalue weighted by molar-refractivity contribution is 5.66. The van der Waals surface area contributed by atoms with Crippen LogP contribution in [0.5, 0.6) is 0 Å². The molecule has 0 amide bonds. The molecular formula is C22H34O4. The lowest BCUT2D eigenvalue weighted by molar-refractivity contribution is -0.160. The molecule has 9 atom stereocenters. The van der Waals surface area contributed by atoms with Crippen LogP contribution in [0.25, 0.3) is 0 Å². The van der Waals surface area contributed by atoms with Gasteiger partial charge < -0.3 is 14.2 Å². The third-order valence-corrected chi connectivity index (χ3v) is 7.59. The Labute approximate surface area is 157 Å². The van der Waals surface area contributed by atoms with Crippen LogP contribution in [-0.2, 0) is 19.0 Å². The van der Waals surface area contributed by atoms with Crippen molar-refractivity contribution in [3.8, 4) is 0 Å². The molecule has 4 heteroatoms. The molecule has 0 aromatic heterocycles. The van der Waals surface area contributed by atoms with Crippen molar-refractivity contribution in [2.45, 2.75) is 84.2 Å². The summed E-state index contributed by atoms with van der Waals surface area (Å²) < 4.78 is 19.2. The number of esters is 1. The Morgan fingerprint density at radius 3 is 2.77 bits per heavy atom. The van der Waals surface area contributed by atoms with Crippen LogP contribution in [0.4, 0.5) is 0 Å². The van der Waals surface area contributed by atoms with E-state index in [0.29, 0.717) is 23.7 Å². The topological polar surface area (TPSA) is 44.8 Å². The molecule has 0 radical (unpaired) electrons. The fourth-order valence-corrected chi connectivity index (χ4v) is 6.34. The summed E-state index contributed by atoms with van der Waals surface area (Å²) in [5.41, 5.74) is 1.14. The zero-order chi connectivity index (χ0) is 18.6. The number of hydrogen-bond acceptors (Lipinski definition) is 4. The Hall–Kier alpha value is -0.870. The van der Waals surface area contributed by atoms with Crippen LogP contribution in [0.3, 0.4) is 0 Å². The van der Waals surface area contributed by atoms with Crippen molar-refractivity contribution in [1.82, 2.24) is 0 Å². The minimum Gasteiger partial charge on any atom is -0.462 e. The maximum atomic E-state index is 11.8. The molecule has 0 N–H and O–H groups in total. The molecule has 0 spiro atoms. The Morgan fingerprint density at radius 1 is 1.27 bits per heavy atom. The first-order valence-electron chi connectivity index (χ1n) is 10.4. The van der Waals surface area contributed by atoms with E-state index in [1.165, 1.54) is 5.57 Å². The second-order valence-electron chi connectivity index (χ2n) is 9.59. The summed E-state index contributed by atoms with van der Waals surface area (Å²) in [6, 6.07) is 0. The van der Waals surface area contributed by atoms with E-state index in [1.54, 1.807) is 6.92 Å². The van der Waals surface area contributed by atoms with Gasteiger partial charge in [0.1, 0.15) is 6.10 Å². The molecule has 3 fully saturated rings. The molecular weight excluding hydrogens is 328 g/mol. The van der Waals surface area contributed by atoms with Crippen LogP contribution in [0.15, 0.2) is 11.6 Å². The van der Waals surface area contributed by atoms with E-state index < -0.39 is 0 Å². The van der Waals surface area contributed by atoms with Crippen LogP contribution in [0.1, 0.15) is 60.3 Å². The first-order chi connectivity index (χ1) is 12.3. The van der Waals surface area contributed by atoms with Gasteiger partial charge in [0.05, 0.1) is 24.4 Å². The molecule has 0 aromatic rings. The van der Waals surface area contributed by atoms with E-state index in [1.807, 2.05) is 0 Å². The van der Waals surface area contributed by atoms with Crippen molar-refractivity contribution in [3.63, 3.8) is 0 Å². The molecule has 2 bridgehead atoms. The summed E-state index contributed by atoms with van der Waals surface area (Å²) in [4.78, 5) is 11.8. The second kappa shape index (κ2) is 6.63. The number of hydrogen-bond donors (Lipinski definition) is 0. The summed E-state index contributed by atoms with van der Waals surface area (Å²) >= 11 is 0. The third kappa shape index (κ3) is 2.93. The Balaban J connectivity index is 1.79. The number of allylic oxidation sites excluding steroid dienone is 1. The van der Waals surface area contributed by atoms with E-state index in [0.717, 1.165) is 32.3 Å². The maximum Gasteiger partial charge on any atom is 0.302 e. The molecule has 3 heterocycles. The lowest BCUT2D eigenvalue weighted by Crippen LogP contribution is -2.51. The fourth-order valence-electron chi connectivity index (χ4n) is 6.34. The quantitative estimate of drug-likeness (QED) is 0.520. The minimum atomic E-state index is -0.247. The van der Waals surface area contributed by atoms with E-state index in [9.17, 15) is 4.79 Å². The van der Waals surface area contributed by atoms with Gasteiger partial charge in [0.15, 0.2) is 0 Å². The van der Waals surface area contributed by atoms with E-state index in [-0.39, 0.29) is 35.8 Å². The molecule has 26 heavy (non-hydrogen) atoms. The molecule has 4 aliphatic rings. The van der Waals surface area contributed by atoms with Crippen molar-refractivity contribution in [2.24, 2.45) is 29.6 Å². The Kier molecular flexibility index (Phi) is 4.71. The van der Waals surface area contributed by atoms with Gasteiger partial charge in [-0.3, -0.25) is 4.79 Å². The second-order valence-corrected chi connectivity index (χ2v) is 9.59. The van der Waals surface area contributed by atoms with Gasteiger partial charge in [-0.25, -0.2) is 0 Å². The van der Waals surface area contributed by atoms with Crippen LogP contribution in [-0.4, -0.2) is 36.5 Å². The average Bonchev–Trinajstić information content (AvgIpc) is 2.92. The standard InChI is InChI=1S/C22H34O4/c1-12-7-6-8-22(5)21-18-16(14(3)11-24-22)10-13(2)20(25-15(4)23)19(18)17(9-12)26-21/h7,13-14,16-21H,6,8-11H2,1-5H3/t13-,14+,16+,17+,18+,19+,20-,21+,22+/m1/s1. The first-order valence-corrected chi connectivity index (χ1v) is 10.4. The molecule has 2 saturated heterocycles. The van der Waals surface area contributed by atoms with Gasteiger partial charge in [0, 0.05) is 12.8 Å². The van der Waals surface area contributed by atoms with Crippen LogP contribution < -0.4 is 0 Å². The van der Waals surface area contributed by atoms with Gasteiger partial charge in [-0.1, -0.05) is 25.5 Å². The highest BCUT2D eigenvalue weighted by Gasteiger charge is 2.62. The predicted molar refractivity (Wildman–Crippen MR) is 99.6 cm³/mol.